The number of halogens is 2. The molecule has 0 fully saturated rings. The van der Waals surface area contributed by atoms with Gasteiger partial charge >= 0.3 is 0 Å². The molecule has 0 unspecified atom stereocenters. The zero-order valence-electron chi connectivity index (χ0n) is 8.83. The molecule has 0 aliphatic heterocycles. The second-order valence-corrected chi connectivity index (χ2v) is 4.51. The Bertz CT molecular complexity index is 589. The number of nitrogens with zero attached hydrogens (tertiary/aromatic N) is 2. The zero-order chi connectivity index (χ0) is 14.1. The monoisotopic (exact) mass is 283 g/mol. The number of methoxy groups -OCH3 is 1. The minimum atomic E-state index is -4.37. The van der Waals surface area contributed by atoms with Crippen LogP contribution >= 0.6 is 0 Å². The smallest absolute Gasteiger partial charge is 0.286 e. The number of aromatic nitrogens is 1. The van der Waals surface area contributed by atoms with E-state index >= 15 is 0 Å². The number of hydrogen-bond donors (Lipinski definition) is 1. The van der Waals surface area contributed by atoms with Gasteiger partial charge in [0.1, 0.15) is 0 Å². The van der Waals surface area contributed by atoms with Crippen LogP contribution in [0.25, 0.3) is 0 Å². The zero-order valence-corrected chi connectivity index (χ0v) is 9.65. The lowest BCUT2D eigenvalue weighted by atomic mass is 10.2. The average molecular weight is 283 g/mol. The standard InChI is InChI=1S/C7H7F2N3O5S/c1-17-7-5(6(8)9)3(12(13)14)2-4(11-7)18(10,15)16/h2,6H,1H3,(H2,10,15,16). The molecule has 8 nitrogen and oxygen atoms in total. The number of sulfonamides is 1. The first-order chi connectivity index (χ1) is 8.18. The Balaban J connectivity index is 3.70. The van der Waals surface area contributed by atoms with Gasteiger partial charge in [0, 0.05) is 0 Å². The Labute approximate surface area is 99.6 Å². The Morgan fingerprint density at radius 1 is 1.56 bits per heavy atom. The van der Waals surface area contributed by atoms with Crippen molar-refractivity contribution in [2.75, 3.05) is 7.11 Å². The normalized spacial score (nSPS) is 11.6. The van der Waals surface area contributed by atoms with Crippen LogP contribution in [-0.2, 0) is 10.0 Å². The summed E-state index contributed by atoms with van der Waals surface area (Å²) in [7, 11) is -3.45. The first-order valence-corrected chi connectivity index (χ1v) is 5.77. The summed E-state index contributed by atoms with van der Waals surface area (Å²) in [6.45, 7) is 0. The van der Waals surface area contributed by atoms with E-state index in [1.165, 1.54) is 0 Å². The molecule has 11 heteroatoms. The number of pyridine rings is 1. The molecule has 0 saturated carbocycles. The largest absolute Gasteiger partial charge is 0.480 e. The molecule has 0 radical (unpaired) electrons. The predicted octanol–water partition coefficient (Wildman–Crippen LogP) is 0.583. The molecule has 0 aliphatic rings. The molecule has 1 aromatic rings. The van der Waals surface area contributed by atoms with Crippen molar-refractivity contribution < 1.29 is 26.9 Å². The second kappa shape index (κ2) is 4.78. The SMILES string of the molecule is COc1nc(S(N)(=O)=O)cc([N+](=O)[O-])c1C(F)F. The summed E-state index contributed by atoms with van der Waals surface area (Å²) in [5, 5.41) is 14.4. The molecule has 1 rings (SSSR count). The third-order valence-electron chi connectivity index (χ3n) is 1.88. The van der Waals surface area contributed by atoms with E-state index in [0.29, 0.717) is 6.07 Å². The van der Waals surface area contributed by atoms with Crippen LogP contribution in [0.15, 0.2) is 11.1 Å². The van der Waals surface area contributed by atoms with E-state index in [9.17, 15) is 27.3 Å². The van der Waals surface area contributed by atoms with Crippen molar-refractivity contribution in [1.82, 2.24) is 4.98 Å². The van der Waals surface area contributed by atoms with Crippen molar-refractivity contribution in [2.24, 2.45) is 5.14 Å². The molecule has 100 valence electrons. The number of hydrogen-bond acceptors (Lipinski definition) is 6. The highest BCUT2D eigenvalue weighted by atomic mass is 32.2. The molecule has 0 spiro atoms. The van der Waals surface area contributed by atoms with Gasteiger partial charge in [-0.3, -0.25) is 10.1 Å². The molecule has 18 heavy (non-hydrogen) atoms. The fourth-order valence-corrected chi connectivity index (χ4v) is 1.64. The maximum atomic E-state index is 12.7. The molecule has 1 aromatic heterocycles. The Morgan fingerprint density at radius 2 is 2.11 bits per heavy atom. The molecular weight excluding hydrogens is 276 g/mol. The lowest BCUT2D eigenvalue weighted by Gasteiger charge is -2.08. The summed E-state index contributed by atoms with van der Waals surface area (Å²) in [5.41, 5.74) is -2.23. The van der Waals surface area contributed by atoms with Crippen molar-refractivity contribution >= 4 is 15.7 Å². The molecule has 0 atom stereocenters. The molecule has 0 aromatic carbocycles. The van der Waals surface area contributed by atoms with Crippen molar-refractivity contribution in [1.29, 1.82) is 0 Å². The number of alkyl halides is 2. The van der Waals surface area contributed by atoms with Crippen LogP contribution in [0.3, 0.4) is 0 Å². The van der Waals surface area contributed by atoms with Gasteiger partial charge in [-0.15, -0.1) is 0 Å². The van der Waals surface area contributed by atoms with Gasteiger partial charge in [0.05, 0.1) is 18.1 Å². The van der Waals surface area contributed by atoms with Crippen LogP contribution in [-0.4, -0.2) is 25.4 Å². The van der Waals surface area contributed by atoms with Crippen LogP contribution in [0.2, 0.25) is 0 Å². The van der Waals surface area contributed by atoms with Gasteiger partial charge in [-0.1, -0.05) is 0 Å². The van der Waals surface area contributed by atoms with E-state index in [0.717, 1.165) is 7.11 Å². The second-order valence-electron chi connectivity index (χ2n) is 3.01. The maximum Gasteiger partial charge on any atom is 0.286 e. The highest BCUT2D eigenvalue weighted by Crippen LogP contribution is 2.36. The van der Waals surface area contributed by atoms with E-state index in [4.69, 9.17) is 5.14 Å². The molecule has 0 amide bonds. The Morgan fingerprint density at radius 3 is 2.44 bits per heavy atom. The van der Waals surface area contributed by atoms with Crippen molar-refractivity contribution in [2.45, 2.75) is 11.5 Å². The first kappa shape index (κ1) is 14.2. The number of nitrogens with two attached hydrogens (primary N) is 1. The Hall–Kier alpha value is -1.88. The number of rotatable bonds is 4. The topological polar surface area (TPSA) is 125 Å². The third kappa shape index (κ3) is 2.68. The summed E-state index contributed by atoms with van der Waals surface area (Å²) >= 11 is 0. The quantitative estimate of drug-likeness (QED) is 0.636. The summed E-state index contributed by atoms with van der Waals surface area (Å²) in [5.74, 6) is -0.858. The van der Waals surface area contributed by atoms with Crippen LogP contribution in [0.1, 0.15) is 12.0 Å². The minimum absolute atomic E-state index is 0.360. The lowest BCUT2D eigenvalue weighted by Crippen LogP contribution is -2.16. The van der Waals surface area contributed by atoms with Crippen molar-refractivity contribution in [3.63, 3.8) is 0 Å². The summed E-state index contributed by atoms with van der Waals surface area (Å²) in [6, 6.07) is 0.360. The van der Waals surface area contributed by atoms with Crippen molar-refractivity contribution in [3.05, 3.63) is 21.7 Å². The van der Waals surface area contributed by atoms with Gasteiger partial charge in [-0.2, -0.15) is 4.98 Å². The van der Waals surface area contributed by atoms with Gasteiger partial charge in [-0.25, -0.2) is 22.3 Å². The van der Waals surface area contributed by atoms with Gasteiger partial charge < -0.3 is 4.74 Å². The molecule has 0 saturated heterocycles. The predicted molar refractivity (Wildman–Crippen MR) is 53.8 cm³/mol. The highest BCUT2D eigenvalue weighted by Gasteiger charge is 2.31. The molecular formula is C7H7F2N3O5S. The summed E-state index contributed by atoms with van der Waals surface area (Å²) in [6.07, 6.45) is -3.25. The third-order valence-corrected chi connectivity index (χ3v) is 2.67. The molecule has 0 bridgehead atoms. The van der Waals surface area contributed by atoms with E-state index in [1.54, 1.807) is 0 Å². The maximum absolute atomic E-state index is 12.7. The number of nitro groups is 1. The number of primary sulfonamides is 1. The fraction of sp³-hybridized carbons (Fsp3) is 0.286. The Kier molecular flexibility index (Phi) is 3.76. The van der Waals surface area contributed by atoms with Gasteiger partial charge in [-0.05, 0) is 0 Å². The van der Waals surface area contributed by atoms with Crippen LogP contribution in [0, 0.1) is 10.1 Å². The molecule has 0 aliphatic carbocycles. The summed E-state index contributed by atoms with van der Waals surface area (Å²) in [4.78, 5) is 12.7. The average Bonchev–Trinajstić information content (AvgIpc) is 2.25. The summed E-state index contributed by atoms with van der Waals surface area (Å²) < 4.78 is 51.7. The minimum Gasteiger partial charge on any atom is -0.480 e. The van der Waals surface area contributed by atoms with Crippen LogP contribution in [0.5, 0.6) is 5.88 Å². The van der Waals surface area contributed by atoms with E-state index < -0.39 is 43.5 Å². The van der Waals surface area contributed by atoms with Crippen LogP contribution < -0.4 is 9.88 Å². The van der Waals surface area contributed by atoms with Crippen molar-refractivity contribution in [3.8, 4) is 5.88 Å². The van der Waals surface area contributed by atoms with Gasteiger partial charge in [0.15, 0.2) is 10.6 Å². The highest BCUT2D eigenvalue weighted by molar-refractivity contribution is 7.89. The van der Waals surface area contributed by atoms with Gasteiger partial charge in [0.2, 0.25) is 5.88 Å². The fourth-order valence-electron chi connectivity index (χ4n) is 1.15. The van der Waals surface area contributed by atoms with E-state index in [1.807, 2.05) is 0 Å². The van der Waals surface area contributed by atoms with E-state index in [2.05, 4.69) is 9.72 Å². The molecule has 2 N–H and O–H groups in total. The molecule has 1 heterocycles. The van der Waals surface area contributed by atoms with Gasteiger partial charge in [0.25, 0.3) is 22.1 Å². The van der Waals surface area contributed by atoms with Crippen LogP contribution in [0.4, 0.5) is 14.5 Å². The van der Waals surface area contributed by atoms with E-state index in [-0.39, 0.29) is 0 Å². The first-order valence-electron chi connectivity index (χ1n) is 4.22. The number of ether oxygens (including phenoxy) is 1. The lowest BCUT2D eigenvalue weighted by molar-refractivity contribution is -0.386.